The second-order valence-corrected chi connectivity index (χ2v) is 3.59. The molecule has 0 aliphatic rings. The minimum absolute atomic E-state index is 0. The lowest BCUT2D eigenvalue weighted by Gasteiger charge is -1.94. The molecule has 0 spiro atoms. The third kappa shape index (κ3) is 43.5. The molecule has 0 rings (SSSR count). The lowest BCUT2D eigenvalue weighted by molar-refractivity contribution is 0.253. The van der Waals surface area contributed by atoms with Crippen LogP contribution >= 0.6 is 9.47 Å². The van der Waals surface area contributed by atoms with E-state index in [4.69, 9.17) is 14.7 Å². The maximum atomic E-state index is 8.38. The molecule has 0 saturated heterocycles. The fraction of sp³-hybridized carbons (Fsp3) is 0.625. The molecular formula is C16H29O3P. The summed E-state index contributed by atoms with van der Waals surface area (Å²) < 4.78 is 4.73. The van der Waals surface area contributed by atoms with Gasteiger partial charge in [0.1, 0.15) is 18.3 Å². The van der Waals surface area contributed by atoms with Gasteiger partial charge in [-0.05, 0) is 41.5 Å². The van der Waals surface area contributed by atoms with E-state index < -0.39 is 12.2 Å². The first kappa shape index (κ1) is 27.4. The standard InChI is InChI=1S/C5H9OP.2C5H8O.CH4/c1-3-4-5(2)6-7;2*1-3-4-5(2)6;/h5H,7H2,1-2H3;2*5-6H,1-2H3;1H4/t;5-;;/m.1../s1. The second kappa shape index (κ2) is 23.1. The fourth-order valence-electron chi connectivity index (χ4n) is 0.655. The van der Waals surface area contributed by atoms with E-state index in [1.165, 1.54) is 0 Å². The molecule has 0 aromatic heterocycles. The minimum Gasteiger partial charge on any atom is -0.381 e. The Balaban J connectivity index is -0.0000000941. The van der Waals surface area contributed by atoms with Gasteiger partial charge in [0.2, 0.25) is 0 Å². The van der Waals surface area contributed by atoms with E-state index in [1.807, 2.05) is 6.92 Å². The fourth-order valence-corrected chi connectivity index (χ4v) is 0.723. The van der Waals surface area contributed by atoms with Crippen molar-refractivity contribution < 1.29 is 14.7 Å². The van der Waals surface area contributed by atoms with Crippen LogP contribution in [-0.2, 0) is 4.52 Å². The average molecular weight is 300 g/mol. The molecule has 4 atom stereocenters. The largest absolute Gasteiger partial charge is 0.381 e. The Labute approximate surface area is 127 Å². The van der Waals surface area contributed by atoms with Crippen LogP contribution in [0.15, 0.2) is 0 Å². The molecule has 0 saturated carbocycles. The van der Waals surface area contributed by atoms with Gasteiger partial charge in [0, 0.05) is 9.47 Å². The summed E-state index contributed by atoms with van der Waals surface area (Å²) in [5, 5.41) is 16.8. The molecule has 0 aliphatic carbocycles. The van der Waals surface area contributed by atoms with Gasteiger partial charge in [-0.3, -0.25) is 0 Å². The number of hydrogen-bond acceptors (Lipinski definition) is 3. The summed E-state index contributed by atoms with van der Waals surface area (Å²) in [6.07, 6.45) is -0.875. The van der Waals surface area contributed by atoms with Crippen molar-refractivity contribution in [3.63, 3.8) is 0 Å². The van der Waals surface area contributed by atoms with E-state index >= 15 is 0 Å². The molecule has 0 fully saturated rings. The molecule has 0 aromatic carbocycles. The molecule has 0 aliphatic heterocycles. The van der Waals surface area contributed by atoms with Crippen molar-refractivity contribution in [2.24, 2.45) is 0 Å². The van der Waals surface area contributed by atoms with Crippen LogP contribution in [0.3, 0.4) is 0 Å². The number of hydrogen-bond donors (Lipinski definition) is 2. The Kier molecular flexibility index (Phi) is 31.6. The SMILES string of the molecule is C.CC#CC(C)O.CC#CC(C)OP.CC#C[C@@H](C)O. The van der Waals surface area contributed by atoms with Gasteiger partial charge in [-0.2, -0.15) is 0 Å². The quantitative estimate of drug-likeness (QED) is 0.578. The topological polar surface area (TPSA) is 49.7 Å². The molecule has 0 aromatic rings. The van der Waals surface area contributed by atoms with Gasteiger partial charge in [-0.1, -0.05) is 25.2 Å². The van der Waals surface area contributed by atoms with Gasteiger partial charge >= 0.3 is 0 Å². The molecule has 0 heterocycles. The van der Waals surface area contributed by atoms with Crippen LogP contribution in [0.1, 0.15) is 49.0 Å². The van der Waals surface area contributed by atoms with Gasteiger partial charge in [-0.15, -0.1) is 17.8 Å². The first-order chi connectivity index (χ1) is 8.85. The van der Waals surface area contributed by atoms with Crippen molar-refractivity contribution in [2.75, 3.05) is 0 Å². The zero-order valence-corrected chi connectivity index (χ0v) is 13.8. The molecule has 20 heavy (non-hydrogen) atoms. The molecule has 3 unspecified atom stereocenters. The molecule has 116 valence electrons. The predicted octanol–water partition coefficient (Wildman–Crippen LogP) is 2.62. The van der Waals surface area contributed by atoms with Gasteiger partial charge in [0.25, 0.3) is 0 Å². The third-order valence-corrected chi connectivity index (χ3v) is 1.67. The Bertz CT molecular complexity index is 332. The van der Waals surface area contributed by atoms with E-state index in [1.54, 1.807) is 34.6 Å². The van der Waals surface area contributed by atoms with Gasteiger partial charge in [0.05, 0.1) is 0 Å². The first-order valence-electron chi connectivity index (χ1n) is 5.84. The summed E-state index contributed by atoms with van der Waals surface area (Å²) in [5.74, 6) is 15.7. The van der Waals surface area contributed by atoms with E-state index in [0.29, 0.717) is 0 Å². The zero-order valence-electron chi connectivity index (χ0n) is 12.6. The number of aliphatic hydroxyl groups excluding tert-OH is 2. The van der Waals surface area contributed by atoms with Gasteiger partial charge in [0.15, 0.2) is 0 Å². The summed E-state index contributed by atoms with van der Waals surface area (Å²) in [5.41, 5.74) is 0. The second-order valence-electron chi connectivity index (χ2n) is 3.31. The molecular weight excluding hydrogens is 271 g/mol. The molecule has 4 heteroatoms. The van der Waals surface area contributed by atoms with Crippen molar-refractivity contribution in [3.8, 4) is 35.5 Å². The van der Waals surface area contributed by atoms with E-state index in [2.05, 4.69) is 45.0 Å². The van der Waals surface area contributed by atoms with Crippen LogP contribution in [0.25, 0.3) is 0 Å². The highest BCUT2D eigenvalue weighted by Crippen LogP contribution is 1.92. The van der Waals surface area contributed by atoms with Crippen LogP contribution in [0.5, 0.6) is 0 Å². The van der Waals surface area contributed by atoms with Gasteiger partial charge < -0.3 is 14.7 Å². The van der Waals surface area contributed by atoms with Crippen molar-refractivity contribution in [1.29, 1.82) is 0 Å². The Hall–Kier alpha value is -1.01. The summed E-state index contributed by atoms with van der Waals surface area (Å²) in [7, 11) is 2.17. The number of aliphatic hydroxyl groups is 2. The van der Waals surface area contributed by atoms with Crippen LogP contribution < -0.4 is 0 Å². The molecule has 3 nitrogen and oxygen atoms in total. The first-order valence-corrected chi connectivity index (χ1v) is 6.31. The van der Waals surface area contributed by atoms with Crippen molar-refractivity contribution >= 4 is 9.47 Å². The normalized spacial score (nSPS) is 11.2. The molecule has 2 N–H and O–H groups in total. The Morgan fingerprint density at radius 1 is 0.800 bits per heavy atom. The van der Waals surface area contributed by atoms with E-state index in [-0.39, 0.29) is 13.5 Å². The lowest BCUT2D eigenvalue weighted by Crippen LogP contribution is -1.93. The average Bonchev–Trinajstić information content (AvgIpc) is 2.30. The van der Waals surface area contributed by atoms with Crippen molar-refractivity contribution in [2.45, 2.75) is 67.3 Å². The lowest BCUT2D eigenvalue weighted by atomic mass is 10.4. The number of rotatable bonds is 1. The van der Waals surface area contributed by atoms with Crippen molar-refractivity contribution in [3.05, 3.63) is 0 Å². The van der Waals surface area contributed by atoms with E-state index in [0.717, 1.165) is 0 Å². The zero-order chi connectivity index (χ0) is 15.7. The minimum atomic E-state index is -0.463. The van der Waals surface area contributed by atoms with Crippen LogP contribution in [-0.4, -0.2) is 28.5 Å². The van der Waals surface area contributed by atoms with Crippen LogP contribution in [0.4, 0.5) is 0 Å². The van der Waals surface area contributed by atoms with Crippen LogP contribution in [0.2, 0.25) is 0 Å². The molecule has 0 amide bonds. The highest BCUT2D eigenvalue weighted by atomic mass is 31.0. The summed E-state index contributed by atoms with van der Waals surface area (Å²) in [6.45, 7) is 10.4. The van der Waals surface area contributed by atoms with Crippen LogP contribution in [0, 0.1) is 35.5 Å². The highest BCUT2D eigenvalue weighted by molar-refractivity contribution is 7.09. The predicted molar refractivity (Wildman–Crippen MR) is 90.7 cm³/mol. The summed E-state index contributed by atoms with van der Waals surface area (Å²) >= 11 is 0. The summed E-state index contributed by atoms with van der Waals surface area (Å²) in [6, 6.07) is 0. The maximum absolute atomic E-state index is 8.38. The Morgan fingerprint density at radius 3 is 1.15 bits per heavy atom. The smallest absolute Gasteiger partial charge is 0.118 e. The maximum Gasteiger partial charge on any atom is 0.118 e. The molecule has 0 radical (unpaired) electrons. The summed E-state index contributed by atoms with van der Waals surface area (Å²) in [4.78, 5) is 0. The molecule has 0 bridgehead atoms. The van der Waals surface area contributed by atoms with E-state index in [9.17, 15) is 0 Å². The third-order valence-electron chi connectivity index (χ3n) is 1.26. The monoisotopic (exact) mass is 300 g/mol. The Morgan fingerprint density at radius 2 is 1.10 bits per heavy atom. The van der Waals surface area contributed by atoms with Crippen molar-refractivity contribution in [1.82, 2.24) is 0 Å². The van der Waals surface area contributed by atoms with Gasteiger partial charge in [-0.25, -0.2) is 0 Å². The highest BCUT2D eigenvalue weighted by Gasteiger charge is 1.85.